The predicted molar refractivity (Wildman–Crippen MR) is 168 cm³/mol. The van der Waals surface area contributed by atoms with Crippen molar-refractivity contribution in [1.82, 2.24) is 16.0 Å². The largest absolute Gasteiger partial charge is 0.444 e. The van der Waals surface area contributed by atoms with Crippen LogP contribution in [0.4, 0.5) is 9.59 Å². The lowest BCUT2D eigenvalue weighted by Gasteiger charge is -2.35. The van der Waals surface area contributed by atoms with Gasteiger partial charge in [-0.1, -0.05) is 84.9 Å². The zero-order valence-corrected chi connectivity index (χ0v) is 25.3. The Hall–Kier alpha value is -4.67. The first-order chi connectivity index (χ1) is 22.4. The number of carbonyl (C=O) groups excluding carboxylic acids is 3. The molecule has 0 radical (unpaired) electrons. The van der Waals surface area contributed by atoms with Crippen molar-refractivity contribution in [3.63, 3.8) is 0 Å². The van der Waals surface area contributed by atoms with E-state index in [2.05, 4.69) is 16.0 Å². The molecule has 2 amide bonds. The molecule has 46 heavy (non-hydrogen) atoms. The Kier molecular flexibility index (Phi) is 8.23. The smallest absolute Gasteiger partial charge is 0.408 e. The Bertz CT molecular complexity index is 1620. The van der Waals surface area contributed by atoms with Gasteiger partial charge in [0.15, 0.2) is 5.78 Å². The molecule has 4 aliphatic rings. The normalized spacial score (nSPS) is 27.5. The molecule has 0 saturated carbocycles. The fourth-order valence-corrected chi connectivity index (χ4v) is 7.30. The summed E-state index contributed by atoms with van der Waals surface area (Å²) >= 11 is 0. The second-order valence-corrected chi connectivity index (χ2v) is 12.5. The number of ether oxygens (including phenoxy) is 3. The molecule has 3 aliphatic heterocycles. The van der Waals surface area contributed by atoms with Crippen LogP contribution >= 0.6 is 0 Å². The van der Waals surface area contributed by atoms with Crippen molar-refractivity contribution in [3.05, 3.63) is 119 Å². The Labute approximate surface area is 267 Å². The minimum atomic E-state index is -1.22. The van der Waals surface area contributed by atoms with Crippen molar-refractivity contribution >= 4 is 18.0 Å². The fourth-order valence-electron chi connectivity index (χ4n) is 7.30. The number of aliphatic hydroxyl groups is 1. The highest BCUT2D eigenvalue weighted by Gasteiger charge is 2.55. The minimum absolute atomic E-state index is 0.00550. The summed E-state index contributed by atoms with van der Waals surface area (Å²) in [7, 11) is 0. The van der Waals surface area contributed by atoms with Crippen LogP contribution in [0.3, 0.4) is 0 Å². The monoisotopic (exact) mass is 623 g/mol. The van der Waals surface area contributed by atoms with Gasteiger partial charge in [0.2, 0.25) is 0 Å². The van der Waals surface area contributed by atoms with Crippen LogP contribution in [0.5, 0.6) is 0 Å². The van der Waals surface area contributed by atoms with Crippen LogP contribution in [-0.2, 0) is 31.8 Å². The van der Waals surface area contributed by atoms with Crippen LogP contribution in [0.15, 0.2) is 96.7 Å². The Morgan fingerprint density at radius 1 is 0.978 bits per heavy atom. The molecule has 0 aromatic heterocycles. The van der Waals surface area contributed by atoms with Gasteiger partial charge in [-0.05, 0) is 28.7 Å². The van der Waals surface area contributed by atoms with Gasteiger partial charge in [0.25, 0.3) is 0 Å². The van der Waals surface area contributed by atoms with Crippen LogP contribution in [0.1, 0.15) is 47.1 Å². The van der Waals surface area contributed by atoms with Gasteiger partial charge in [-0.15, -0.1) is 0 Å². The van der Waals surface area contributed by atoms with E-state index in [1.54, 1.807) is 6.20 Å². The number of fused-ring (bicyclic) bond motifs is 3. The van der Waals surface area contributed by atoms with Crippen molar-refractivity contribution in [2.45, 2.75) is 67.5 Å². The van der Waals surface area contributed by atoms with E-state index in [1.165, 1.54) is 0 Å². The lowest BCUT2D eigenvalue weighted by Crippen LogP contribution is -2.55. The van der Waals surface area contributed by atoms with Gasteiger partial charge >= 0.3 is 12.2 Å². The molecule has 2 saturated heterocycles. The van der Waals surface area contributed by atoms with E-state index in [4.69, 9.17) is 14.2 Å². The molecule has 4 N–H and O–H groups in total. The molecule has 10 heteroatoms. The second kappa shape index (κ2) is 12.6. The molecule has 1 aliphatic carbocycles. The van der Waals surface area contributed by atoms with E-state index < -0.39 is 41.9 Å². The van der Waals surface area contributed by atoms with E-state index in [9.17, 15) is 19.5 Å². The number of benzene rings is 3. The summed E-state index contributed by atoms with van der Waals surface area (Å²) in [6, 6.07) is 25.9. The number of alkyl carbamates (subject to hydrolysis) is 2. The summed E-state index contributed by atoms with van der Waals surface area (Å²) in [6.45, 7) is 0.866. The van der Waals surface area contributed by atoms with Crippen LogP contribution < -0.4 is 16.0 Å². The molecule has 0 bridgehead atoms. The highest BCUT2D eigenvalue weighted by atomic mass is 16.6. The first kappa shape index (κ1) is 30.0. The Balaban J connectivity index is 1.18. The molecule has 10 nitrogen and oxygen atoms in total. The van der Waals surface area contributed by atoms with Gasteiger partial charge in [0.05, 0.1) is 37.3 Å². The minimum Gasteiger partial charge on any atom is -0.444 e. The van der Waals surface area contributed by atoms with Crippen molar-refractivity contribution in [2.75, 3.05) is 13.2 Å². The number of aliphatic hydroxyl groups excluding tert-OH is 1. The third-order valence-corrected chi connectivity index (χ3v) is 9.51. The van der Waals surface area contributed by atoms with Gasteiger partial charge < -0.3 is 35.3 Å². The average molecular weight is 624 g/mol. The lowest BCUT2D eigenvalue weighted by atomic mass is 9.76. The van der Waals surface area contributed by atoms with Gasteiger partial charge in [0.1, 0.15) is 17.7 Å². The summed E-state index contributed by atoms with van der Waals surface area (Å²) in [5.41, 5.74) is 2.96. The Morgan fingerprint density at radius 2 is 1.67 bits per heavy atom. The molecular weight excluding hydrogens is 586 g/mol. The van der Waals surface area contributed by atoms with Crippen molar-refractivity contribution in [1.29, 1.82) is 0 Å². The molecule has 3 aromatic carbocycles. The number of hydrogen-bond donors (Lipinski definition) is 4. The Morgan fingerprint density at radius 3 is 2.39 bits per heavy atom. The van der Waals surface area contributed by atoms with Crippen LogP contribution in [0.25, 0.3) is 0 Å². The molecule has 238 valence electrons. The molecular formula is C36H37N3O7. The summed E-state index contributed by atoms with van der Waals surface area (Å²) in [5.74, 6) is -0.653. The lowest BCUT2D eigenvalue weighted by molar-refractivity contribution is -0.122. The highest BCUT2D eigenvalue weighted by Crippen LogP contribution is 2.50. The summed E-state index contributed by atoms with van der Waals surface area (Å²) in [5, 5.41) is 21.1. The van der Waals surface area contributed by atoms with Crippen LogP contribution in [-0.4, -0.2) is 66.2 Å². The standard InChI is InChI=1S/C36H37N3O7/c40-29(28(17-22-9-3-1-4-10-22)38-34(42)45-24-15-16-44-21-24)19-36(18-23-11-5-2-6-12-23)33(41)27(20-37-36)30-25-13-7-8-14-26(25)31-32(30)46-35(43)39-31/h1-14,20,24,28-32,37,40H,15-19,21H2,(H,38,42)(H,39,43)/t24-,28-,29-,30?,31+,32?,36-/m0/s1. The maximum atomic E-state index is 14.7. The van der Waals surface area contributed by atoms with E-state index in [0.717, 1.165) is 22.3 Å². The highest BCUT2D eigenvalue weighted by molar-refractivity contribution is 6.07. The topological polar surface area (TPSA) is 135 Å². The zero-order chi connectivity index (χ0) is 31.7. The maximum absolute atomic E-state index is 14.7. The fraction of sp³-hybridized carbons (Fsp3) is 0.361. The quantitative estimate of drug-likeness (QED) is 0.268. The molecule has 7 rings (SSSR count). The van der Waals surface area contributed by atoms with Gasteiger partial charge in [-0.2, -0.15) is 0 Å². The maximum Gasteiger partial charge on any atom is 0.408 e. The zero-order valence-electron chi connectivity index (χ0n) is 25.3. The molecule has 0 spiro atoms. The van der Waals surface area contributed by atoms with E-state index in [0.29, 0.717) is 38.0 Å². The number of nitrogens with one attached hydrogen (secondary N) is 3. The number of ketones is 1. The van der Waals surface area contributed by atoms with E-state index in [1.807, 2.05) is 84.9 Å². The molecule has 7 atom stereocenters. The van der Waals surface area contributed by atoms with Crippen molar-refractivity contribution < 1.29 is 33.7 Å². The SMILES string of the molecule is O=C1N[C@@H]2c3ccccc3C(C3=CN[C@@](Cc4ccccc4)(C[C@H](O)[C@H](Cc4ccccc4)NC(=O)O[C@H]4CCOC4)C3=O)C2O1. The van der Waals surface area contributed by atoms with Crippen molar-refractivity contribution in [2.24, 2.45) is 0 Å². The summed E-state index contributed by atoms with van der Waals surface area (Å²) < 4.78 is 16.6. The summed E-state index contributed by atoms with van der Waals surface area (Å²) in [6.07, 6.45) is -0.220. The molecule has 3 aromatic rings. The van der Waals surface area contributed by atoms with E-state index in [-0.39, 0.29) is 24.3 Å². The third kappa shape index (κ3) is 5.86. The van der Waals surface area contributed by atoms with Gasteiger partial charge in [-0.3, -0.25) is 4.79 Å². The number of amides is 2. The molecule has 2 fully saturated rings. The van der Waals surface area contributed by atoms with Crippen LogP contribution in [0.2, 0.25) is 0 Å². The van der Waals surface area contributed by atoms with Gasteiger partial charge in [-0.25, -0.2) is 9.59 Å². The van der Waals surface area contributed by atoms with Gasteiger partial charge in [0, 0.05) is 31.0 Å². The molecule has 3 heterocycles. The average Bonchev–Trinajstić information content (AvgIpc) is 3.83. The number of hydrogen-bond acceptors (Lipinski definition) is 8. The molecule has 2 unspecified atom stereocenters. The first-order valence-corrected chi connectivity index (χ1v) is 15.8. The second-order valence-electron chi connectivity index (χ2n) is 12.5. The van der Waals surface area contributed by atoms with E-state index >= 15 is 0 Å². The third-order valence-electron chi connectivity index (χ3n) is 9.51. The first-order valence-electron chi connectivity index (χ1n) is 15.8. The van der Waals surface area contributed by atoms with Crippen molar-refractivity contribution in [3.8, 4) is 0 Å². The predicted octanol–water partition coefficient (Wildman–Crippen LogP) is 3.85. The number of Topliss-reactive ketones (excluding diaryl/α,β-unsaturated/α-hetero) is 1. The number of carbonyl (C=O) groups is 3. The summed E-state index contributed by atoms with van der Waals surface area (Å²) in [4.78, 5) is 40.1. The number of rotatable bonds is 10. The van der Waals surface area contributed by atoms with Crippen LogP contribution in [0, 0.1) is 0 Å².